The third kappa shape index (κ3) is 3.79. The molecule has 34 heavy (non-hydrogen) atoms. The molecule has 0 aliphatic carbocycles. The van der Waals surface area contributed by atoms with Gasteiger partial charge in [-0.05, 0) is 36.2 Å². The van der Waals surface area contributed by atoms with Gasteiger partial charge < -0.3 is 4.74 Å². The summed E-state index contributed by atoms with van der Waals surface area (Å²) in [6.07, 6.45) is 0.596. The molecule has 170 valence electrons. The molecule has 0 amide bonds. The van der Waals surface area contributed by atoms with Gasteiger partial charge in [0.15, 0.2) is 5.78 Å². The SMILES string of the molecule is COc1cccc(C(=O)Cn2nc3n(CCc4ccccc4)c(=O)c4ccccc4n3c2=O)c1. The number of Topliss-reactive ketones (excluding diaryl/α,β-unsaturated/α-hetero) is 1. The third-order valence-electron chi connectivity index (χ3n) is 5.84. The number of rotatable bonds is 7. The van der Waals surface area contributed by atoms with Crippen LogP contribution in [0.15, 0.2) is 88.5 Å². The summed E-state index contributed by atoms with van der Waals surface area (Å²) in [4.78, 5) is 39.6. The minimum Gasteiger partial charge on any atom is -0.497 e. The summed E-state index contributed by atoms with van der Waals surface area (Å²) < 4.78 is 9.21. The second-order valence-electron chi connectivity index (χ2n) is 7.94. The van der Waals surface area contributed by atoms with Gasteiger partial charge in [-0.1, -0.05) is 54.6 Å². The lowest BCUT2D eigenvalue weighted by molar-refractivity contribution is 0.0966. The van der Waals surface area contributed by atoms with E-state index in [1.807, 2.05) is 30.3 Å². The lowest BCUT2D eigenvalue weighted by Gasteiger charge is -2.09. The van der Waals surface area contributed by atoms with E-state index in [9.17, 15) is 14.4 Å². The van der Waals surface area contributed by atoms with E-state index in [0.29, 0.717) is 35.2 Å². The van der Waals surface area contributed by atoms with E-state index in [1.54, 1.807) is 48.5 Å². The first-order valence-corrected chi connectivity index (χ1v) is 10.9. The molecule has 2 aromatic heterocycles. The molecule has 5 aromatic rings. The number of aromatic nitrogens is 4. The normalized spacial score (nSPS) is 11.2. The number of para-hydroxylation sites is 1. The number of carbonyl (C=O) groups excluding carboxylic acids is 1. The van der Waals surface area contributed by atoms with E-state index in [1.165, 1.54) is 16.1 Å². The molecule has 0 aliphatic heterocycles. The van der Waals surface area contributed by atoms with Crippen LogP contribution < -0.4 is 16.0 Å². The smallest absolute Gasteiger partial charge is 0.352 e. The number of fused-ring (bicyclic) bond motifs is 3. The number of benzene rings is 3. The predicted molar refractivity (Wildman–Crippen MR) is 129 cm³/mol. The average molecular weight is 454 g/mol. The van der Waals surface area contributed by atoms with Gasteiger partial charge in [-0.25, -0.2) is 13.9 Å². The minimum atomic E-state index is -0.476. The highest BCUT2D eigenvalue weighted by Gasteiger charge is 2.19. The van der Waals surface area contributed by atoms with E-state index in [-0.39, 0.29) is 23.7 Å². The summed E-state index contributed by atoms with van der Waals surface area (Å²) in [6.45, 7) is 0.0896. The van der Waals surface area contributed by atoms with Gasteiger partial charge in [-0.2, -0.15) is 0 Å². The largest absolute Gasteiger partial charge is 0.497 e. The number of hydrogen-bond acceptors (Lipinski definition) is 5. The van der Waals surface area contributed by atoms with E-state index in [4.69, 9.17) is 4.74 Å². The van der Waals surface area contributed by atoms with Crippen LogP contribution in [0.1, 0.15) is 15.9 Å². The van der Waals surface area contributed by atoms with Crippen molar-refractivity contribution in [2.75, 3.05) is 7.11 Å². The standard InChI is InChI=1S/C26H22N4O4/c1-34-20-11-7-10-19(16-20)23(31)17-29-26(33)30-22-13-6-5-12-21(22)24(32)28(25(30)27-29)15-14-18-8-3-2-4-9-18/h2-13,16H,14-15,17H2,1H3. The lowest BCUT2D eigenvalue weighted by atomic mass is 10.1. The Morgan fingerprint density at radius 2 is 1.71 bits per heavy atom. The monoisotopic (exact) mass is 454 g/mol. The highest BCUT2D eigenvalue weighted by Crippen LogP contribution is 2.15. The van der Waals surface area contributed by atoms with Gasteiger partial charge in [0, 0.05) is 12.1 Å². The topological polar surface area (TPSA) is 87.6 Å². The molecular formula is C26H22N4O4. The lowest BCUT2D eigenvalue weighted by Crippen LogP contribution is -2.28. The highest BCUT2D eigenvalue weighted by atomic mass is 16.5. The minimum absolute atomic E-state index is 0.211. The molecule has 0 atom stereocenters. The van der Waals surface area contributed by atoms with Crippen molar-refractivity contribution in [2.45, 2.75) is 19.5 Å². The fourth-order valence-corrected chi connectivity index (χ4v) is 4.08. The molecule has 3 aromatic carbocycles. The number of methoxy groups -OCH3 is 1. The number of hydrogen-bond donors (Lipinski definition) is 0. The molecule has 0 radical (unpaired) electrons. The summed E-state index contributed by atoms with van der Waals surface area (Å²) in [5.41, 5.74) is 1.24. The quantitative estimate of drug-likeness (QED) is 0.353. The van der Waals surface area contributed by atoms with Crippen molar-refractivity contribution >= 4 is 22.5 Å². The van der Waals surface area contributed by atoms with Gasteiger partial charge in [0.1, 0.15) is 12.3 Å². The third-order valence-corrected chi connectivity index (χ3v) is 5.84. The van der Waals surface area contributed by atoms with Gasteiger partial charge in [-0.3, -0.25) is 14.2 Å². The van der Waals surface area contributed by atoms with Crippen molar-refractivity contribution in [1.29, 1.82) is 0 Å². The predicted octanol–water partition coefficient (Wildman–Crippen LogP) is 2.95. The number of ketones is 1. The van der Waals surface area contributed by atoms with Gasteiger partial charge in [0.05, 0.1) is 18.0 Å². The van der Waals surface area contributed by atoms with Crippen molar-refractivity contribution in [3.63, 3.8) is 0 Å². The first-order chi connectivity index (χ1) is 16.6. The van der Waals surface area contributed by atoms with E-state index in [0.717, 1.165) is 10.2 Å². The van der Waals surface area contributed by atoms with Crippen LogP contribution in [-0.2, 0) is 19.5 Å². The van der Waals surface area contributed by atoms with Crippen molar-refractivity contribution in [2.24, 2.45) is 0 Å². The molecule has 0 saturated carbocycles. The summed E-state index contributed by atoms with van der Waals surface area (Å²) in [7, 11) is 1.52. The zero-order chi connectivity index (χ0) is 23.7. The number of carbonyl (C=O) groups is 1. The summed E-state index contributed by atoms with van der Waals surface area (Å²) in [5, 5.41) is 4.84. The molecule has 2 heterocycles. The summed E-state index contributed by atoms with van der Waals surface area (Å²) in [5.74, 6) is 0.476. The Hall–Kier alpha value is -4.46. The van der Waals surface area contributed by atoms with Gasteiger partial charge >= 0.3 is 5.69 Å². The molecule has 8 heteroatoms. The zero-order valence-corrected chi connectivity index (χ0v) is 18.5. The molecule has 5 rings (SSSR count). The Kier molecular flexibility index (Phi) is 5.55. The van der Waals surface area contributed by atoms with Crippen LogP contribution in [0.5, 0.6) is 5.75 Å². The molecule has 0 N–H and O–H groups in total. The van der Waals surface area contributed by atoms with Crippen LogP contribution in [0.4, 0.5) is 0 Å². The Balaban J connectivity index is 1.61. The van der Waals surface area contributed by atoms with Crippen molar-refractivity contribution < 1.29 is 9.53 Å². The second kappa shape index (κ2) is 8.82. The van der Waals surface area contributed by atoms with Crippen LogP contribution in [0.2, 0.25) is 0 Å². The molecule has 0 bridgehead atoms. The maximum Gasteiger partial charge on any atom is 0.352 e. The van der Waals surface area contributed by atoms with Gasteiger partial charge in [-0.15, -0.1) is 5.10 Å². The molecule has 8 nitrogen and oxygen atoms in total. The Morgan fingerprint density at radius 1 is 0.941 bits per heavy atom. The molecule has 0 fully saturated rings. The van der Waals surface area contributed by atoms with Crippen molar-refractivity contribution in [3.05, 3.63) is 111 Å². The summed E-state index contributed by atoms with van der Waals surface area (Å²) in [6, 6.07) is 23.5. The Bertz CT molecular complexity index is 1630. The maximum absolute atomic E-state index is 13.3. The molecule has 0 aliphatic rings. The molecule has 0 saturated heterocycles. The van der Waals surface area contributed by atoms with E-state index >= 15 is 0 Å². The maximum atomic E-state index is 13.3. The van der Waals surface area contributed by atoms with Gasteiger partial charge in [0.2, 0.25) is 5.78 Å². The first kappa shape index (κ1) is 21.4. The molecular weight excluding hydrogens is 432 g/mol. The number of aryl methyl sites for hydroxylation is 2. The number of nitrogens with zero attached hydrogens (tertiary/aromatic N) is 4. The fraction of sp³-hybridized carbons (Fsp3) is 0.154. The van der Waals surface area contributed by atoms with Crippen molar-refractivity contribution in [1.82, 2.24) is 18.7 Å². The van der Waals surface area contributed by atoms with Gasteiger partial charge in [0.25, 0.3) is 5.56 Å². The van der Waals surface area contributed by atoms with Crippen LogP contribution in [-0.4, -0.2) is 31.6 Å². The fourth-order valence-electron chi connectivity index (χ4n) is 4.08. The molecule has 0 unspecified atom stereocenters. The summed E-state index contributed by atoms with van der Waals surface area (Å²) >= 11 is 0. The van der Waals surface area contributed by atoms with Crippen LogP contribution in [0.3, 0.4) is 0 Å². The second-order valence-corrected chi connectivity index (χ2v) is 7.94. The Labute approximate surface area is 194 Å². The van der Waals surface area contributed by atoms with Crippen LogP contribution in [0.25, 0.3) is 16.7 Å². The first-order valence-electron chi connectivity index (χ1n) is 10.9. The molecule has 0 spiro atoms. The van der Waals surface area contributed by atoms with E-state index in [2.05, 4.69) is 5.10 Å². The van der Waals surface area contributed by atoms with Crippen molar-refractivity contribution in [3.8, 4) is 5.75 Å². The van der Waals surface area contributed by atoms with Crippen LogP contribution in [0, 0.1) is 0 Å². The van der Waals surface area contributed by atoms with Crippen LogP contribution >= 0.6 is 0 Å². The number of ether oxygens (including phenoxy) is 1. The zero-order valence-electron chi connectivity index (χ0n) is 18.5. The van der Waals surface area contributed by atoms with E-state index < -0.39 is 5.69 Å². The highest BCUT2D eigenvalue weighted by molar-refractivity contribution is 5.96. The Morgan fingerprint density at radius 3 is 2.50 bits per heavy atom. The average Bonchev–Trinajstić information content (AvgIpc) is 3.20.